The summed E-state index contributed by atoms with van der Waals surface area (Å²) in [5.41, 5.74) is 0.906. The molecule has 1 N–H and O–H groups in total. The minimum absolute atomic E-state index is 0.0483. The highest BCUT2D eigenvalue weighted by Crippen LogP contribution is 2.22. The van der Waals surface area contributed by atoms with Crippen molar-refractivity contribution in [3.63, 3.8) is 0 Å². The van der Waals surface area contributed by atoms with E-state index in [0.717, 1.165) is 0 Å². The van der Waals surface area contributed by atoms with Crippen LogP contribution in [0.15, 0.2) is 60.0 Å². The number of Topliss-reactive ketones (excluding diaryl/α,β-unsaturated/α-hetero) is 1. The van der Waals surface area contributed by atoms with Crippen molar-refractivity contribution < 1.29 is 28.2 Å². The van der Waals surface area contributed by atoms with Crippen LogP contribution in [0.3, 0.4) is 0 Å². The second-order valence-corrected chi connectivity index (χ2v) is 5.45. The van der Waals surface area contributed by atoms with E-state index in [1.54, 1.807) is 30.3 Å². The lowest BCUT2D eigenvalue weighted by atomic mass is 10.2. The molecule has 3 rings (SSSR count). The van der Waals surface area contributed by atoms with E-state index < -0.39 is 17.6 Å². The van der Waals surface area contributed by atoms with Gasteiger partial charge in [-0.3, -0.25) is 4.79 Å². The summed E-state index contributed by atoms with van der Waals surface area (Å²) in [5.74, 6) is -1.73. The maximum Gasteiger partial charge on any atom is 0.347 e. The summed E-state index contributed by atoms with van der Waals surface area (Å²) < 4.78 is 28.9. The average Bonchev–Trinajstić information content (AvgIpc) is 3.01. The van der Waals surface area contributed by atoms with Gasteiger partial charge in [0.2, 0.25) is 11.7 Å². The Bertz CT molecular complexity index is 863. The van der Waals surface area contributed by atoms with Crippen LogP contribution >= 0.6 is 0 Å². The Morgan fingerprint density at radius 3 is 2.69 bits per heavy atom. The van der Waals surface area contributed by atoms with Crippen LogP contribution < -0.4 is 10.1 Å². The zero-order valence-corrected chi connectivity index (χ0v) is 14.0. The Labute approximate surface area is 149 Å². The molecule has 0 radical (unpaired) electrons. The fourth-order valence-electron chi connectivity index (χ4n) is 2.39. The van der Waals surface area contributed by atoms with Gasteiger partial charge >= 0.3 is 5.97 Å². The highest BCUT2D eigenvalue weighted by atomic mass is 19.1. The van der Waals surface area contributed by atoms with Gasteiger partial charge in [0.1, 0.15) is 6.61 Å². The van der Waals surface area contributed by atoms with E-state index in [-0.39, 0.29) is 30.4 Å². The van der Waals surface area contributed by atoms with Crippen LogP contribution in [-0.2, 0) is 25.7 Å². The summed E-state index contributed by atoms with van der Waals surface area (Å²) in [5, 5.41) is 2.88. The number of anilines is 1. The molecule has 0 atom stereocenters. The van der Waals surface area contributed by atoms with Crippen LogP contribution in [0.4, 0.5) is 10.1 Å². The van der Waals surface area contributed by atoms with Crippen molar-refractivity contribution in [2.45, 2.75) is 6.61 Å². The highest BCUT2D eigenvalue weighted by molar-refractivity contribution is 6.19. The number of carbonyl (C=O) groups excluding carboxylic acids is 2. The van der Waals surface area contributed by atoms with Crippen LogP contribution in [0, 0.1) is 5.82 Å². The Morgan fingerprint density at radius 1 is 1.23 bits per heavy atom. The van der Waals surface area contributed by atoms with E-state index in [9.17, 15) is 14.0 Å². The quantitative estimate of drug-likeness (QED) is 0.633. The van der Waals surface area contributed by atoms with Crippen molar-refractivity contribution in [3.05, 3.63) is 71.4 Å². The number of rotatable bonds is 6. The van der Waals surface area contributed by atoms with Crippen LogP contribution in [0.5, 0.6) is 5.75 Å². The topological polar surface area (TPSA) is 73.9 Å². The number of esters is 1. The fraction of sp³-hybridized carbons (Fsp3) is 0.158. The van der Waals surface area contributed by atoms with Gasteiger partial charge in [0, 0.05) is 5.69 Å². The predicted octanol–water partition coefficient (Wildman–Crippen LogP) is 2.80. The van der Waals surface area contributed by atoms with Gasteiger partial charge in [0.25, 0.3) is 0 Å². The first-order valence-electron chi connectivity index (χ1n) is 7.80. The fourth-order valence-corrected chi connectivity index (χ4v) is 2.39. The molecule has 0 aromatic heterocycles. The number of benzene rings is 2. The molecule has 1 aliphatic rings. The van der Waals surface area contributed by atoms with E-state index in [4.69, 9.17) is 14.2 Å². The highest BCUT2D eigenvalue weighted by Gasteiger charge is 2.32. The third-order valence-corrected chi connectivity index (χ3v) is 3.68. The number of carbonyl (C=O) groups is 2. The van der Waals surface area contributed by atoms with E-state index in [0.29, 0.717) is 11.3 Å². The molecule has 0 bridgehead atoms. The number of nitrogens with one attached hydrogen (secondary N) is 1. The third kappa shape index (κ3) is 3.83. The lowest BCUT2D eigenvalue weighted by molar-refractivity contribution is -0.141. The number of ether oxygens (including phenoxy) is 3. The first-order valence-corrected chi connectivity index (χ1v) is 7.80. The molecule has 6 nitrogen and oxygen atoms in total. The van der Waals surface area contributed by atoms with Crippen molar-refractivity contribution in [3.8, 4) is 5.75 Å². The van der Waals surface area contributed by atoms with Gasteiger partial charge in [-0.15, -0.1) is 0 Å². The summed E-state index contributed by atoms with van der Waals surface area (Å²) in [7, 11) is 1.36. The smallest absolute Gasteiger partial charge is 0.347 e. The SMILES string of the molecule is COc1ccc(COC(=O)C2=C(Nc3ccccc3)OCC2=O)cc1F. The van der Waals surface area contributed by atoms with Crippen molar-refractivity contribution in [2.24, 2.45) is 0 Å². The van der Waals surface area contributed by atoms with Crippen LogP contribution in [0.25, 0.3) is 0 Å². The standard InChI is InChI=1S/C19H16FNO5/c1-24-16-8-7-12(9-14(16)20)10-26-19(23)17-15(22)11-25-18(17)21-13-5-3-2-4-6-13/h2-9,21H,10-11H2,1H3. The summed E-state index contributed by atoms with van der Waals surface area (Å²) in [6.45, 7) is -0.425. The average molecular weight is 357 g/mol. The molecule has 0 saturated carbocycles. The number of ketones is 1. The maximum absolute atomic E-state index is 13.7. The largest absolute Gasteiger partial charge is 0.494 e. The number of halogens is 1. The van der Waals surface area contributed by atoms with Crippen LogP contribution in [0.1, 0.15) is 5.56 Å². The molecule has 1 aliphatic heterocycles. The molecule has 7 heteroatoms. The molecule has 0 amide bonds. The molecule has 0 fully saturated rings. The van der Waals surface area contributed by atoms with Gasteiger partial charge in [0.05, 0.1) is 7.11 Å². The Morgan fingerprint density at radius 2 is 2.00 bits per heavy atom. The molecule has 0 spiro atoms. The van der Waals surface area contributed by atoms with Crippen molar-refractivity contribution in [1.29, 1.82) is 0 Å². The zero-order chi connectivity index (χ0) is 18.5. The molecular formula is C19H16FNO5. The van der Waals surface area contributed by atoms with E-state index in [1.165, 1.54) is 19.2 Å². The van der Waals surface area contributed by atoms with Gasteiger partial charge in [-0.25, -0.2) is 9.18 Å². The molecule has 2 aromatic carbocycles. The lowest BCUT2D eigenvalue weighted by Crippen LogP contribution is -2.16. The Balaban J connectivity index is 1.71. The Kier molecular flexibility index (Phi) is 5.17. The molecule has 26 heavy (non-hydrogen) atoms. The first-order chi connectivity index (χ1) is 12.6. The monoisotopic (exact) mass is 357 g/mol. The molecule has 0 unspecified atom stereocenters. The van der Waals surface area contributed by atoms with Gasteiger partial charge in [0.15, 0.2) is 23.7 Å². The molecule has 0 saturated heterocycles. The predicted molar refractivity (Wildman–Crippen MR) is 90.8 cm³/mol. The normalized spacial score (nSPS) is 13.4. The first kappa shape index (κ1) is 17.5. The minimum Gasteiger partial charge on any atom is -0.494 e. The summed E-state index contributed by atoms with van der Waals surface area (Å²) in [6.07, 6.45) is 0. The number of para-hydroxylation sites is 1. The van der Waals surface area contributed by atoms with Crippen molar-refractivity contribution in [1.82, 2.24) is 0 Å². The van der Waals surface area contributed by atoms with Crippen molar-refractivity contribution in [2.75, 3.05) is 19.0 Å². The number of methoxy groups -OCH3 is 1. The Hall–Kier alpha value is -3.35. The van der Waals surface area contributed by atoms with Gasteiger partial charge in [-0.2, -0.15) is 0 Å². The molecular weight excluding hydrogens is 341 g/mol. The maximum atomic E-state index is 13.7. The van der Waals surface area contributed by atoms with E-state index in [1.807, 2.05) is 6.07 Å². The number of hydrogen-bond acceptors (Lipinski definition) is 6. The van der Waals surface area contributed by atoms with E-state index >= 15 is 0 Å². The second kappa shape index (κ2) is 7.69. The minimum atomic E-state index is -0.831. The summed E-state index contributed by atoms with van der Waals surface area (Å²) in [6, 6.07) is 13.2. The number of hydrogen-bond donors (Lipinski definition) is 1. The summed E-state index contributed by atoms with van der Waals surface area (Å²) >= 11 is 0. The van der Waals surface area contributed by atoms with Gasteiger partial charge in [-0.1, -0.05) is 24.3 Å². The summed E-state index contributed by atoms with van der Waals surface area (Å²) in [4.78, 5) is 24.3. The molecule has 2 aromatic rings. The molecule has 134 valence electrons. The van der Waals surface area contributed by atoms with Crippen molar-refractivity contribution >= 4 is 17.4 Å². The third-order valence-electron chi connectivity index (χ3n) is 3.68. The zero-order valence-electron chi connectivity index (χ0n) is 14.0. The van der Waals surface area contributed by atoms with Gasteiger partial charge < -0.3 is 19.5 Å². The van der Waals surface area contributed by atoms with Crippen LogP contribution in [-0.4, -0.2) is 25.5 Å². The van der Waals surface area contributed by atoms with Gasteiger partial charge in [-0.05, 0) is 29.8 Å². The lowest BCUT2D eigenvalue weighted by Gasteiger charge is -2.09. The van der Waals surface area contributed by atoms with Crippen LogP contribution in [0.2, 0.25) is 0 Å². The second-order valence-electron chi connectivity index (χ2n) is 5.45. The molecule has 0 aliphatic carbocycles. The molecule has 1 heterocycles. The van der Waals surface area contributed by atoms with E-state index in [2.05, 4.69) is 5.32 Å².